The standard InChI is InChI=1S/C28H21Br2NO5/c1-3-12-35-22-10-8-16(13-23(22)34-4-2)25-24-26(32)20-15-18(30)9-11-21(20)36-27(24)28(33)31(25)19-7-5-6-17(29)14-19/h3,5-11,13-15,25H,1,4,12H2,2H3. The Balaban J connectivity index is 1.76. The minimum Gasteiger partial charge on any atom is -0.490 e. The first-order valence-electron chi connectivity index (χ1n) is 11.3. The van der Waals surface area contributed by atoms with Gasteiger partial charge in [0.1, 0.15) is 12.2 Å². The molecule has 1 atom stereocenters. The summed E-state index contributed by atoms with van der Waals surface area (Å²) in [5.74, 6) is 0.707. The van der Waals surface area contributed by atoms with Crippen molar-refractivity contribution in [3.05, 3.63) is 109 Å². The second kappa shape index (κ2) is 9.95. The molecular weight excluding hydrogens is 590 g/mol. The highest BCUT2D eigenvalue weighted by molar-refractivity contribution is 9.10. The molecule has 4 aromatic rings. The number of halogens is 2. The number of rotatable bonds is 7. The van der Waals surface area contributed by atoms with Gasteiger partial charge in [0.05, 0.1) is 23.6 Å². The van der Waals surface area contributed by atoms with Crippen molar-refractivity contribution < 1.29 is 18.7 Å². The first kappa shape index (κ1) is 24.3. The highest BCUT2D eigenvalue weighted by Crippen LogP contribution is 2.43. The lowest BCUT2D eigenvalue weighted by Crippen LogP contribution is -2.29. The number of carbonyl (C=O) groups excluding carboxylic acids is 1. The zero-order valence-electron chi connectivity index (χ0n) is 19.3. The van der Waals surface area contributed by atoms with Gasteiger partial charge in [0.25, 0.3) is 5.91 Å². The van der Waals surface area contributed by atoms with Gasteiger partial charge in [-0.05, 0) is 61.0 Å². The summed E-state index contributed by atoms with van der Waals surface area (Å²) in [6, 6.07) is 17.3. The number of fused-ring (bicyclic) bond motifs is 2. The van der Waals surface area contributed by atoms with Crippen LogP contribution in [0.1, 0.15) is 34.6 Å². The van der Waals surface area contributed by atoms with E-state index in [4.69, 9.17) is 13.9 Å². The minimum absolute atomic E-state index is 0.0322. The number of hydrogen-bond donors (Lipinski definition) is 0. The second-order valence-corrected chi connectivity index (χ2v) is 9.94. The van der Waals surface area contributed by atoms with Crippen molar-refractivity contribution in [2.45, 2.75) is 13.0 Å². The van der Waals surface area contributed by atoms with Crippen molar-refractivity contribution in [1.82, 2.24) is 0 Å². The fourth-order valence-electron chi connectivity index (χ4n) is 4.38. The Bertz CT molecular complexity index is 1560. The van der Waals surface area contributed by atoms with Gasteiger partial charge in [0.15, 0.2) is 16.9 Å². The molecule has 182 valence electrons. The average Bonchev–Trinajstić information content (AvgIpc) is 3.16. The zero-order valence-corrected chi connectivity index (χ0v) is 22.5. The molecule has 0 bridgehead atoms. The molecule has 1 aromatic heterocycles. The van der Waals surface area contributed by atoms with Gasteiger partial charge in [-0.1, -0.05) is 56.6 Å². The Morgan fingerprint density at radius 2 is 1.81 bits per heavy atom. The first-order valence-corrected chi connectivity index (χ1v) is 12.9. The van der Waals surface area contributed by atoms with Gasteiger partial charge in [-0.3, -0.25) is 14.5 Å². The van der Waals surface area contributed by atoms with E-state index in [0.717, 1.165) is 8.95 Å². The number of nitrogens with zero attached hydrogens (tertiary/aromatic N) is 1. The molecule has 3 aromatic carbocycles. The summed E-state index contributed by atoms with van der Waals surface area (Å²) in [7, 11) is 0. The molecule has 1 amide bonds. The molecule has 2 heterocycles. The maximum Gasteiger partial charge on any atom is 0.295 e. The summed E-state index contributed by atoms with van der Waals surface area (Å²) in [5.41, 5.74) is 1.70. The monoisotopic (exact) mass is 609 g/mol. The average molecular weight is 611 g/mol. The number of amides is 1. The summed E-state index contributed by atoms with van der Waals surface area (Å²) in [6.45, 7) is 6.31. The van der Waals surface area contributed by atoms with Crippen molar-refractivity contribution >= 4 is 54.4 Å². The molecule has 1 aliphatic heterocycles. The van der Waals surface area contributed by atoms with Gasteiger partial charge in [-0.15, -0.1) is 0 Å². The third-order valence-corrected chi connectivity index (χ3v) is 6.85. The number of hydrogen-bond acceptors (Lipinski definition) is 5. The predicted octanol–water partition coefficient (Wildman–Crippen LogP) is 7.03. The van der Waals surface area contributed by atoms with E-state index < -0.39 is 6.04 Å². The minimum atomic E-state index is -0.728. The highest BCUT2D eigenvalue weighted by Gasteiger charge is 2.44. The summed E-state index contributed by atoms with van der Waals surface area (Å²) < 4.78 is 19.2. The summed E-state index contributed by atoms with van der Waals surface area (Å²) in [4.78, 5) is 29.2. The molecule has 0 spiro atoms. The van der Waals surface area contributed by atoms with Crippen LogP contribution in [0.4, 0.5) is 5.69 Å². The third-order valence-electron chi connectivity index (χ3n) is 5.86. The maximum absolute atomic E-state index is 13.8. The molecule has 1 aliphatic rings. The van der Waals surface area contributed by atoms with E-state index in [1.165, 1.54) is 0 Å². The Kier molecular flexibility index (Phi) is 6.73. The predicted molar refractivity (Wildman–Crippen MR) is 146 cm³/mol. The van der Waals surface area contributed by atoms with Crippen LogP contribution in [0, 0.1) is 0 Å². The van der Waals surface area contributed by atoms with E-state index in [1.807, 2.05) is 43.3 Å². The lowest BCUT2D eigenvalue weighted by atomic mass is 9.97. The first-order chi connectivity index (χ1) is 17.4. The third kappa shape index (κ3) is 4.24. The van der Waals surface area contributed by atoms with Gasteiger partial charge in [-0.25, -0.2) is 0 Å². The topological polar surface area (TPSA) is 69.0 Å². The zero-order chi connectivity index (χ0) is 25.4. The Hall–Kier alpha value is -3.36. The van der Waals surface area contributed by atoms with Crippen LogP contribution in [-0.2, 0) is 0 Å². The molecule has 0 saturated heterocycles. The molecule has 0 aliphatic carbocycles. The lowest BCUT2D eigenvalue weighted by Gasteiger charge is -2.26. The Morgan fingerprint density at radius 1 is 1.00 bits per heavy atom. The van der Waals surface area contributed by atoms with Crippen LogP contribution in [0.2, 0.25) is 0 Å². The molecule has 5 rings (SSSR count). The van der Waals surface area contributed by atoms with Crippen molar-refractivity contribution in [3.63, 3.8) is 0 Å². The number of benzene rings is 3. The molecule has 6 nitrogen and oxygen atoms in total. The summed E-state index contributed by atoms with van der Waals surface area (Å²) in [6.07, 6.45) is 1.65. The molecular formula is C28H21Br2NO5. The molecule has 0 N–H and O–H groups in total. The quantitative estimate of drug-likeness (QED) is 0.210. The van der Waals surface area contributed by atoms with Crippen molar-refractivity contribution in [2.24, 2.45) is 0 Å². The van der Waals surface area contributed by atoms with E-state index in [1.54, 1.807) is 35.2 Å². The van der Waals surface area contributed by atoms with Crippen LogP contribution < -0.4 is 19.8 Å². The van der Waals surface area contributed by atoms with E-state index in [2.05, 4.69) is 38.4 Å². The van der Waals surface area contributed by atoms with Crippen molar-refractivity contribution in [3.8, 4) is 11.5 Å². The fourth-order valence-corrected chi connectivity index (χ4v) is 5.13. The number of ether oxygens (including phenoxy) is 2. The molecule has 0 fully saturated rings. The van der Waals surface area contributed by atoms with Crippen LogP contribution in [0.3, 0.4) is 0 Å². The van der Waals surface area contributed by atoms with E-state index in [0.29, 0.717) is 46.9 Å². The smallest absolute Gasteiger partial charge is 0.295 e. The SMILES string of the molecule is C=CCOc1ccc(C2c3c(oc4ccc(Br)cc4c3=O)C(=O)N2c2cccc(Br)c2)cc1OCC. The second-order valence-electron chi connectivity index (χ2n) is 8.11. The van der Waals surface area contributed by atoms with Gasteiger partial charge in [0.2, 0.25) is 5.76 Å². The largest absolute Gasteiger partial charge is 0.490 e. The van der Waals surface area contributed by atoms with Gasteiger partial charge < -0.3 is 13.9 Å². The van der Waals surface area contributed by atoms with Crippen LogP contribution >= 0.6 is 31.9 Å². The van der Waals surface area contributed by atoms with E-state index >= 15 is 0 Å². The van der Waals surface area contributed by atoms with Gasteiger partial charge in [0, 0.05) is 14.6 Å². The van der Waals surface area contributed by atoms with Crippen LogP contribution in [0.5, 0.6) is 11.5 Å². The number of anilines is 1. The van der Waals surface area contributed by atoms with E-state index in [9.17, 15) is 9.59 Å². The Morgan fingerprint density at radius 3 is 2.56 bits per heavy atom. The van der Waals surface area contributed by atoms with Gasteiger partial charge in [-0.2, -0.15) is 0 Å². The van der Waals surface area contributed by atoms with Crippen LogP contribution in [0.25, 0.3) is 11.0 Å². The normalized spacial score (nSPS) is 14.7. The van der Waals surface area contributed by atoms with Crippen LogP contribution in [0.15, 0.2) is 91.5 Å². The summed E-state index contributed by atoms with van der Waals surface area (Å²) >= 11 is 6.92. The summed E-state index contributed by atoms with van der Waals surface area (Å²) in [5, 5.41) is 0.396. The van der Waals surface area contributed by atoms with Gasteiger partial charge >= 0.3 is 0 Å². The van der Waals surface area contributed by atoms with E-state index in [-0.39, 0.29) is 22.7 Å². The Labute approximate surface area is 224 Å². The van der Waals surface area contributed by atoms with Crippen LogP contribution in [-0.4, -0.2) is 19.1 Å². The molecule has 1 unspecified atom stereocenters. The maximum atomic E-state index is 13.8. The van der Waals surface area contributed by atoms with Crippen molar-refractivity contribution in [2.75, 3.05) is 18.1 Å². The highest BCUT2D eigenvalue weighted by atomic mass is 79.9. The van der Waals surface area contributed by atoms with Crippen molar-refractivity contribution in [1.29, 1.82) is 0 Å². The lowest BCUT2D eigenvalue weighted by molar-refractivity contribution is 0.0971. The fraction of sp³-hybridized carbons (Fsp3) is 0.143. The molecule has 0 saturated carbocycles. The molecule has 36 heavy (non-hydrogen) atoms. The molecule has 8 heteroatoms. The molecule has 0 radical (unpaired) electrons. The number of carbonyl (C=O) groups is 1.